The van der Waals surface area contributed by atoms with Gasteiger partial charge in [-0.1, -0.05) is 6.07 Å². The van der Waals surface area contributed by atoms with Crippen molar-refractivity contribution in [1.29, 1.82) is 0 Å². The fraction of sp³-hybridized carbons (Fsp3) is 0.538. The van der Waals surface area contributed by atoms with Gasteiger partial charge in [-0.3, -0.25) is 15.0 Å². The molecule has 0 aliphatic carbocycles. The number of nitrogens with one attached hydrogen (secondary N) is 1. The number of nitro groups is 1. The monoisotopic (exact) mass is 249 g/mol. The molecule has 1 N–H and O–H groups in total. The lowest BCUT2D eigenvalue weighted by Crippen LogP contribution is -2.49. The van der Waals surface area contributed by atoms with E-state index in [0.29, 0.717) is 6.04 Å². The Labute approximate surface area is 107 Å². The largest absolute Gasteiger partial charge is 0.314 e. The van der Waals surface area contributed by atoms with E-state index in [1.165, 1.54) is 5.56 Å². The molecule has 5 heteroatoms. The number of rotatable bonds is 3. The topological polar surface area (TPSA) is 58.4 Å². The zero-order valence-corrected chi connectivity index (χ0v) is 10.8. The minimum atomic E-state index is -0.343. The van der Waals surface area contributed by atoms with E-state index in [1.54, 1.807) is 12.1 Å². The number of non-ortho nitro benzene ring substituents is 1. The van der Waals surface area contributed by atoms with Gasteiger partial charge in [0.15, 0.2) is 0 Å². The first-order valence-corrected chi connectivity index (χ1v) is 6.26. The van der Waals surface area contributed by atoms with Gasteiger partial charge in [-0.15, -0.1) is 0 Å². The third-order valence-electron chi connectivity index (χ3n) is 3.55. The summed E-state index contributed by atoms with van der Waals surface area (Å²) in [6.45, 7) is 8.05. The maximum absolute atomic E-state index is 10.7. The highest BCUT2D eigenvalue weighted by molar-refractivity contribution is 5.39. The lowest BCUT2D eigenvalue weighted by atomic mass is 10.1. The molecule has 1 aromatic carbocycles. The van der Waals surface area contributed by atoms with Crippen molar-refractivity contribution in [2.75, 3.05) is 19.6 Å². The Morgan fingerprint density at radius 2 is 2.33 bits per heavy atom. The third-order valence-corrected chi connectivity index (χ3v) is 3.55. The summed E-state index contributed by atoms with van der Waals surface area (Å²) in [4.78, 5) is 12.8. The molecular formula is C13H19N3O2. The average Bonchev–Trinajstić information content (AvgIpc) is 2.34. The van der Waals surface area contributed by atoms with Gasteiger partial charge in [-0.2, -0.15) is 0 Å². The van der Waals surface area contributed by atoms with Crippen LogP contribution < -0.4 is 5.32 Å². The molecule has 1 heterocycles. The number of hydrogen-bond acceptors (Lipinski definition) is 4. The molecule has 0 bridgehead atoms. The first kappa shape index (κ1) is 13.0. The normalized spacial score (nSPS) is 20.9. The molecule has 0 aromatic heterocycles. The quantitative estimate of drug-likeness (QED) is 0.654. The smallest absolute Gasteiger partial charge is 0.269 e. The van der Waals surface area contributed by atoms with Crippen LogP contribution in [0, 0.1) is 17.0 Å². The first-order valence-electron chi connectivity index (χ1n) is 6.26. The van der Waals surface area contributed by atoms with Crippen molar-refractivity contribution in [3.63, 3.8) is 0 Å². The van der Waals surface area contributed by atoms with E-state index in [9.17, 15) is 10.1 Å². The molecule has 1 aromatic rings. The fourth-order valence-electron chi connectivity index (χ4n) is 2.31. The zero-order chi connectivity index (χ0) is 13.1. The van der Waals surface area contributed by atoms with E-state index >= 15 is 0 Å². The Morgan fingerprint density at radius 3 is 2.94 bits per heavy atom. The van der Waals surface area contributed by atoms with Crippen LogP contribution in [0.5, 0.6) is 0 Å². The maximum Gasteiger partial charge on any atom is 0.269 e. The molecule has 1 saturated heterocycles. The van der Waals surface area contributed by atoms with Crippen molar-refractivity contribution in [2.24, 2.45) is 0 Å². The Morgan fingerprint density at radius 1 is 1.56 bits per heavy atom. The molecule has 0 unspecified atom stereocenters. The number of benzene rings is 1. The zero-order valence-electron chi connectivity index (χ0n) is 10.8. The highest BCUT2D eigenvalue weighted by Gasteiger charge is 2.19. The van der Waals surface area contributed by atoms with Crippen LogP contribution in [0.1, 0.15) is 18.1 Å². The SMILES string of the molecule is Cc1cc([N+](=O)[O-])ccc1CN1CCNC[C@H]1C. The minimum absolute atomic E-state index is 0.171. The Bertz CT molecular complexity index is 448. The summed E-state index contributed by atoms with van der Waals surface area (Å²) in [5, 5.41) is 14.1. The van der Waals surface area contributed by atoms with Crippen LogP contribution in [0.25, 0.3) is 0 Å². The average molecular weight is 249 g/mol. The summed E-state index contributed by atoms with van der Waals surface area (Å²) < 4.78 is 0. The summed E-state index contributed by atoms with van der Waals surface area (Å²) in [5.41, 5.74) is 2.34. The van der Waals surface area contributed by atoms with Gasteiger partial charge >= 0.3 is 0 Å². The highest BCUT2D eigenvalue weighted by Crippen LogP contribution is 2.19. The van der Waals surface area contributed by atoms with E-state index in [-0.39, 0.29) is 10.6 Å². The van der Waals surface area contributed by atoms with Crippen LogP contribution in [-0.2, 0) is 6.54 Å². The predicted molar refractivity (Wildman–Crippen MR) is 70.6 cm³/mol. The van der Waals surface area contributed by atoms with Gasteiger partial charge in [-0.05, 0) is 25.0 Å². The molecule has 0 radical (unpaired) electrons. The second-order valence-corrected chi connectivity index (χ2v) is 4.89. The Hall–Kier alpha value is -1.46. The van der Waals surface area contributed by atoms with Gasteiger partial charge in [0.1, 0.15) is 0 Å². The summed E-state index contributed by atoms with van der Waals surface area (Å²) >= 11 is 0. The summed E-state index contributed by atoms with van der Waals surface area (Å²) in [6, 6.07) is 5.63. The Kier molecular flexibility index (Phi) is 3.93. The van der Waals surface area contributed by atoms with Crippen molar-refractivity contribution in [1.82, 2.24) is 10.2 Å². The number of hydrogen-bond donors (Lipinski definition) is 1. The van der Waals surface area contributed by atoms with Gasteiger partial charge in [0.05, 0.1) is 4.92 Å². The van der Waals surface area contributed by atoms with Crippen molar-refractivity contribution in [3.05, 3.63) is 39.4 Å². The fourth-order valence-corrected chi connectivity index (χ4v) is 2.31. The lowest BCUT2D eigenvalue weighted by molar-refractivity contribution is -0.384. The van der Waals surface area contributed by atoms with Gasteiger partial charge < -0.3 is 5.32 Å². The molecule has 1 aliphatic rings. The van der Waals surface area contributed by atoms with Crippen LogP contribution in [0.15, 0.2) is 18.2 Å². The van der Waals surface area contributed by atoms with Crippen LogP contribution in [0.3, 0.4) is 0 Å². The molecule has 1 atom stereocenters. The summed E-state index contributed by atoms with van der Waals surface area (Å²) in [6.07, 6.45) is 0. The van der Waals surface area contributed by atoms with Crippen LogP contribution >= 0.6 is 0 Å². The van der Waals surface area contributed by atoms with E-state index in [0.717, 1.165) is 31.7 Å². The second-order valence-electron chi connectivity index (χ2n) is 4.89. The summed E-state index contributed by atoms with van der Waals surface area (Å²) in [7, 11) is 0. The van der Waals surface area contributed by atoms with Crippen molar-refractivity contribution >= 4 is 5.69 Å². The molecule has 0 spiro atoms. The molecule has 5 nitrogen and oxygen atoms in total. The number of nitro benzene ring substituents is 1. The highest BCUT2D eigenvalue weighted by atomic mass is 16.6. The number of piperazine rings is 1. The molecule has 0 amide bonds. The van der Waals surface area contributed by atoms with Gasteiger partial charge in [0.25, 0.3) is 5.69 Å². The molecule has 1 fully saturated rings. The van der Waals surface area contributed by atoms with Gasteiger partial charge in [0, 0.05) is 44.4 Å². The molecule has 0 saturated carbocycles. The number of nitrogens with zero attached hydrogens (tertiary/aromatic N) is 2. The van der Waals surface area contributed by atoms with Gasteiger partial charge in [-0.25, -0.2) is 0 Å². The first-order chi connectivity index (χ1) is 8.58. The minimum Gasteiger partial charge on any atom is -0.314 e. The van der Waals surface area contributed by atoms with Crippen molar-refractivity contribution in [2.45, 2.75) is 26.4 Å². The van der Waals surface area contributed by atoms with Crippen molar-refractivity contribution < 1.29 is 4.92 Å². The van der Waals surface area contributed by atoms with Crippen LogP contribution in [0.2, 0.25) is 0 Å². The standard InChI is InChI=1S/C13H19N3O2/c1-10-7-13(16(17)18)4-3-12(10)9-15-6-5-14-8-11(15)2/h3-4,7,11,14H,5-6,8-9H2,1-2H3/t11-/m1/s1. The van der Waals surface area contributed by atoms with Crippen molar-refractivity contribution in [3.8, 4) is 0 Å². The molecule has 1 aliphatic heterocycles. The van der Waals surface area contributed by atoms with E-state index < -0.39 is 0 Å². The van der Waals surface area contributed by atoms with Gasteiger partial charge in [0.2, 0.25) is 0 Å². The molecule has 98 valence electrons. The Balaban J connectivity index is 2.11. The number of aryl methyl sites for hydroxylation is 1. The molecule has 18 heavy (non-hydrogen) atoms. The molecule has 2 rings (SSSR count). The molecular weight excluding hydrogens is 230 g/mol. The van der Waals surface area contributed by atoms with Crippen LogP contribution in [0.4, 0.5) is 5.69 Å². The maximum atomic E-state index is 10.7. The van der Waals surface area contributed by atoms with E-state index in [1.807, 2.05) is 13.0 Å². The second kappa shape index (κ2) is 5.46. The van der Waals surface area contributed by atoms with E-state index in [4.69, 9.17) is 0 Å². The predicted octanol–water partition coefficient (Wildman–Crippen LogP) is 1.70. The van der Waals surface area contributed by atoms with E-state index in [2.05, 4.69) is 17.1 Å². The lowest BCUT2D eigenvalue weighted by Gasteiger charge is -2.34. The van der Waals surface area contributed by atoms with Crippen LogP contribution in [-0.4, -0.2) is 35.5 Å². The summed E-state index contributed by atoms with van der Waals surface area (Å²) in [5.74, 6) is 0. The third kappa shape index (κ3) is 2.86.